The summed E-state index contributed by atoms with van der Waals surface area (Å²) in [7, 11) is 1.71. The topological polar surface area (TPSA) is 49.3 Å². The summed E-state index contributed by atoms with van der Waals surface area (Å²) in [6.07, 6.45) is 0. The average molecular weight is 450 g/mol. The molecule has 9 heteroatoms. The third-order valence-corrected chi connectivity index (χ3v) is 5.87. The summed E-state index contributed by atoms with van der Waals surface area (Å²) in [6.45, 7) is 4.31. The summed E-state index contributed by atoms with van der Waals surface area (Å²) in [5, 5.41) is 8.45. The van der Waals surface area contributed by atoms with E-state index in [1.54, 1.807) is 19.2 Å². The minimum Gasteiger partial charge on any atom is -0.495 e. The molecule has 0 amide bonds. The van der Waals surface area contributed by atoms with Gasteiger partial charge in [-0.2, -0.15) is 5.10 Å². The zero-order valence-electron chi connectivity index (χ0n) is 15.9. The van der Waals surface area contributed by atoms with Crippen molar-refractivity contribution in [3.8, 4) is 11.4 Å². The van der Waals surface area contributed by atoms with Gasteiger partial charge in [0.05, 0.1) is 30.1 Å². The van der Waals surface area contributed by atoms with Crippen molar-refractivity contribution < 1.29 is 4.74 Å². The monoisotopic (exact) mass is 449 g/mol. The standard InChI is InChI=1S/C20H21Cl2N5OS/c1-28-18-5-3-2-4-17(18)26-10-8-25(9-11-26)13-19-23-24-20(29)27(19)16-7-6-14(21)12-15(16)22/h2-7,12H,8-11,13H2,1H3,(H,24,29). The van der Waals surface area contributed by atoms with Gasteiger partial charge in [-0.1, -0.05) is 35.3 Å². The van der Waals surface area contributed by atoms with E-state index in [0.717, 1.165) is 49.1 Å². The van der Waals surface area contributed by atoms with Crippen LogP contribution >= 0.6 is 35.4 Å². The molecule has 3 aromatic rings. The van der Waals surface area contributed by atoms with Crippen LogP contribution in [0.15, 0.2) is 42.5 Å². The Hall–Kier alpha value is -2.06. The van der Waals surface area contributed by atoms with E-state index in [-0.39, 0.29) is 0 Å². The number of aromatic nitrogens is 3. The highest BCUT2D eigenvalue weighted by molar-refractivity contribution is 7.71. The number of nitrogens with zero attached hydrogens (tertiary/aromatic N) is 4. The molecule has 0 bridgehead atoms. The summed E-state index contributed by atoms with van der Waals surface area (Å²) in [5.41, 5.74) is 1.91. The Morgan fingerprint density at radius 2 is 1.83 bits per heavy atom. The molecule has 0 radical (unpaired) electrons. The maximum atomic E-state index is 6.40. The van der Waals surface area contributed by atoms with Gasteiger partial charge in [0.25, 0.3) is 0 Å². The lowest BCUT2D eigenvalue weighted by atomic mass is 10.2. The number of anilines is 1. The second-order valence-corrected chi connectivity index (χ2v) is 8.04. The summed E-state index contributed by atoms with van der Waals surface area (Å²) >= 11 is 17.9. The summed E-state index contributed by atoms with van der Waals surface area (Å²) in [5.74, 6) is 1.73. The predicted molar refractivity (Wildman–Crippen MR) is 119 cm³/mol. The van der Waals surface area contributed by atoms with E-state index >= 15 is 0 Å². The molecule has 4 rings (SSSR count). The van der Waals surface area contributed by atoms with Crippen LogP contribution in [-0.2, 0) is 6.54 Å². The second-order valence-electron chi connectivity index (χ2n) is 6.81. The fourth-order valence-electron chi connectivity index (χ4n) is 3.58. The highest BCUT2D eigenvalue weighted by atomic mass is 35.5. The molecule has 29 heavy (non-hydrogen) atoms. The number of rotatable bonds is 5. The fraction of sp³-hybridized carbons (Fsp3) is 0.300. The molecule has 6 nitrogen and oxygen atoms in total. The van der Waals surface area contributed by atoms with Crippen LogP contribution in [0.1, 0.15) is 5.82 Å². The highest BCUT2D eigenvalue weighted by Crippen LogP contribution is 2.29. The first kappa shape index (κ1) is 20.2. The number of hydrogen-bond donors (Lipinski definition) is 1. The van der Waals surface area contributed by atoms with E-state index in [4.69, 9.17) is 40.2 Å². The minimum absolute atomic E-state index is 0.511. The predicted octanol–water partition coefficient (Wildman–Crippen LogP) is 4.57. The Morgan fingerprint density at radius 3 is 2.55 bits per heavy atom. The van der Waals surface area contributed by atoms with Crippen molar-refractivity contribution in [2.75, 3.05) is 38.2 Å². The van der Waals surface area contributed by atoms with Crippen LogP contribution in [0.2, 0.25) is 10.0 Å². The molecule has 1 N–H and O–H groups in total. The molecular weight excluding hydrogens is 429 g/mol. The van der Waals surface area contributed by atoms with Crippen LogP contribution in [0.4, 0.5) is 5.69 Å². The Balaban J connectivity index is 1.49. The third kappa shape index (κ3) is 4.28. The maximum absolute atomic E-state index is 6.40. The smallest absolute Gasteiger partial charge is 0.199 e. The normalized spacial score (nSPS) is 14.9. The van der Waals surface area contributed by atoms with Crippen LogP contribution in [0, 0.1) is 4.77 Å². The molecular formula is C20H21Cl2N5OS. The van der Waals surface area contributed by atoms with Gasteiger partial charge in [0.2, 0.25) is 0 Å². The lowest BCUT2D eigenvalue weighted by Crippen LogP contribution is -2.46. The number of nitrogens with one attached hydrogen (secondary N) is 1. The van der Waals surface area contributed by atoms with Crippen molar-refractivity contribution in [2.24, 2.45) is 0 Å². The van der Waals surface area contributed by atoms with Crippen molar-refractivity contribution in [1.29, 1.82) is 0 Å². The lowest BCUT2D eigenvalue weighted by Gasteiger charge is -2.36. The van der Waals surface area contributed by atoms with Gasteiger partial charge in [0.1, 0.15) is 11.6 Å². The quantitative estimate of drug-likeness (QED) is 0.578. The number of hydrogen-bond acceptors (Lipinski definition) is 5. The summed E-state index contributed by atoms with van der Waals surface area (Å²) in [4.78, 5) is 4.71. The highest BCUT2D eigenvalue weighted by Gasteiger charge is 2.22. The van der Waals surface area contributed by atoms with Gasteiger partial charge in [-0.05, 0) is 42.5 Å². The number of methoxy groups -OCH3 is 1. The van der Waals surface area contributed by atoms with Crippen LogP contribution in [0.25, 0.3) is 5.69 Å². The van der Waals surface area contributed by atoms with E-state index in [9.17, 15) is 0 Å². The van der Waals surface area contributed by atoms with Crippen molar-refractivity contribution in [3.63, 3.8) is 0 Å². The van der Waals surface area contributed by atoms with Gasteiger partial charge in [0.15, 0.2) is 4.77 Å². The zero-order valence-corrected chi connectivity index (χ0v) is 18.3. The summed E-state index contributed by atoms with van der Waals surface area (Å²) < 4.78 is 7.89. The van der Waals surface area contributed by atoms with Crippen LogP contribution < -0.4 is 9.64 Å². The first-order valence-electron chi connectivity index (χ1n) is 9.29. The third-order valence-electron chi connectivity index (χ3n) is 5.06. The van der Waals surface area contributed by atoms with Gasteiger partial charge in [-0.15, -0.1) is 0 Å². The van der Waals surface area contributed by atoms with Crippen LogP contribution in [0.3, 0.4) is 0 Å². The van der Waals surface area contributed by atoms with Gasteiger partial charge >= 0.3 is 0 Å². The first-order chi connectivity index (χ1) is 14.1. The largest absolute Gasteiger partial charge is 0.495 e. The fourth-order valence-corrected chi connectivity index (χ4v) is 4.33. The Labute approximate surface area is 184 Å². The molecule has 2 aromatic carbocycles. The number of benzene rings is 2. The lowest BCUT2D eigenvalue weighted by molar-refractivity contribution is 0.242. The number of ether oxygens (including phenoxy) is 1. The van der Waals surface area contributed by atoms with E-state index in [1.165, 1.54) is 0 Å². The maximum Gasteiger partial charge on any atom is 0.199 e. The Kier molecular flexibility index (Phi) is 6.10. The molecule has 0 saturated carbocycles. The van der Waals surface area contributed by atoms with E-state index in [0.29, 0.717) is 21.4 Å². The molecule has 0 spiro atoms. The molecule has 1 aliphatic heterocycles. The van der Waals surface area contributed by atoms with Gasteiger partial charge in [-0.25, -0.2) is 0 Å². The Morgan fingerprint density at radius 1 is 1.07 bits per heavy atom. The summed E-state index contributed by atoms with van der Waals surface area (Å²) in [6, 6.07) is 13.5. The molecule has 152 valence electrons. The molecule has 1 saturated heterocycles. The van der Waals surface area contributed by atoms with Crippen LogP contribution in [-0.4, -0.2) is 53.0 Å². The van der Waals surface area contributed by atoms with Crippen LogP contribution in [0.5, 0.6) is 5.75 Å². The number of halogens is 2. The zero-order chi connectivity index (χ0) is 20.4. The van der Waals surface area contributed by atoms with Crippen molar-refractivity contribution in [2.45, 2.75) is 6.54 Å². The van der Waals surface area contributed by atoms with Gasteiger partial charge < -0.3 is 9.64 Å². The molecule has 0 aliphatic carbocycles. The second kappa shape index (κ2) is 8.75. The van der Waals surface area contributed by atoms with Gasteiger partial charge in [0, 0.05) is 31.2 Å². The molecule has 2 heterocycles. The molecule has 1 aliphatic rings. The molecule has 0 unspecified atom stereocenters. The average Bonchev–Trinajstić information content (AvgIpc) is 3.08. The number of piperazine rings is 1. The minimum atomic E-state index is 0.511. The molecule has 1 fully saturated rings. The first-order valence-corrected chi connectivity index (χ1v) is 10.5. The SMILES string of the molecule is COc1ccccc1N1CCN(Cc2n[nH]c(=S)n2-c2ccc(Cl)cc2Cl)CC1. The number of para-hydroxylation sites is 2. The van der Waals surface area contributed by atoms with Gasteiger partial charge in [-0.3, -0.25) is 14.6 Å². The number of H-pyrrole nitrogens is 1. The van der Waals surface area contributed by atoms with Crippen molar-refractivity contribution >= 4 is 41.1 Å². The van der Waals surface area contributed by atoms with E-state index < -0.39 is 0 Å². The van der Waals surface area contributed by atoms with Crippen molar-refractivity contribution in [3.05, 3.63) is 63.1 Å². The molecule has 0 atom stereocenters. The van der Waals surface area contributed by atoms with E-state index in [1.807, 2.05) is 28.8 Å². The van der Waals surface area contributed by atoms with E-state index in [2.05, 4.69) is 26.1 Å². The Bertz CT molecular complexity index is 1060. The van der Waals surface area contributed by atoms with Crippen molar-refractivity contribution in [1.82, 2.24) is 19.7 Å². The molecule has 1 aromatic heterocycles. The number of aromatic amines is 1.